The van der Waals surface area contributed by atoms with Crippen LogP contribution in [0.3, 0.4) is 0 Å². The molecule has 3 heteroatoms. The van der Waals surface area contributed by atoms with Gasteiger partial charge in [0, 0.05) is 6.42 Å². The first-order valence-electron chi connectivity index (χ1n) is 2.44. The highest BCUT2D eigenvalue weighted by Gasteiger charge is 2.10. The highest BCUT2D eigenvalue weighted by molar-refractivity contribution is 8.00. The molecule has 0 N–H and O–H groups in total. The van der Waals surface area contributed by atoms with Crippen molar-refractivity contribution in [3.05, 3.63) is 0 Å². The van der Waals surface area contributed by atoms with Gasteiger partial charge in [0.05, 0.1) is 4.08 Å². The number of aldehydes is 1. The first kappa shape index (κ1) is 8.37. The third kappa shape index (κ3) is 6.37. The molecule has 0 saturated carbocycles. The van der Waals surface area contributed by atoms with E-state index in [1.807, 2.05) is 6.92 Å². The van der Waals surface area contributed by atoms with Crippen molar-refractivity contribution in [3.63, 3.8) is 0 Å². The largest absolute Gasteiger partial charge is 0.303 e. The van der Waals surface area contributed by atoms with E-state index in [-0.39, 0.29) is 4.08 Å². The van der Waals surface area contributed by atoms with Crippen LogP contribution in [0.25, 0.3) is 0 Å². The molecular formula is C5H10OS2. The van der Waals surface area contributed by atoms with Gasteiger partial charge in [-0.05, 0) is 13.3 Å². The number of carbonyl (C=O) groups is 1. The van der Waals surface area contributed by atoms with Crippen LogP contribution in [0.4, 0.5) is 0 Å². The maximum Gasteiger partial charge on any atom is 0.120 e. The molecule has 0 unspecified atom stereocenters. The fourth-order valence-corrected chi connectivity index (χ4v) is 0.591. The van der Waals surface area contributed by atoms with Gasteiger partial charge in [-0.15, -0.1) is 0 Å². The standard InChI is InChI=1S/C5H10OS2/c1-5(7,8)3-2-4-6/h4,7-8H,2-3H2,1H3. The third-order valence-corrected chi connectivity index (χ3v) is 1.18. The summed E-state index contributed by atoms with van der Waals surface area (Å²) in [7, 11) is 0. The predicted octanol–water partition coefficient (Wildman–Crippen LogP) is 1.54. The average molecular weight is 150 g/mol. The Labute approximate surface area is 60.7 Å². The topological polar surface area (TPSA) is 17.1 Å². The van der Waals surface area contributed by atoms with E-state index in [1.165, 1.54) is 0 Å². The van der Waals surface area contributed by atoms with Crippen LogP contribution in [-0.2, 0) is 4.79 Å². The summed E-state index contributed by atoms with van der Waals surface area (Å²) in [5, 5.41) is 0. The molecule has 0 atom stereocenters. The molecule has 0 saturated heterocycles. The minimum absolute atomic E-state index is 0.291. The molecule has 0 aromatic carbocycles. The molecule has 0 heterocycles. The first-order valence-corrected chi connectivity index (χ1v) is 3.34. The van der Waals surface area contributed by atoms with Crippen molar-refractivity contribution < 1.29 is 4.79 Å². The molecule has 0 rings (SSSR count). The monoisotopic (exact) mass is 150 g/mol. The van der Waals surface area contributed by atoms with Crippen LogP contribution in [0.15, 0.2) is 0 Å². The van der Waals surface area contributed by atoms with Gasteiger partial charge < -0.3 is 4.79 Å². The van der Waals surface area contributed by atoms with Crippen molar-refractivity contribution in [2.75, 3.05) is 0 Å². The molecule has 0 spiro atoms. The van der Waals surface area contributed by atoms with Gasteiger partial charge >= 0.3 is 0 Å². The van der Waals surface area contributed by atoms with Crippen LogP contribution in [0.2, 0.25) is 0 Å². The Kier molecular flexibility index (Phi) is 3.56. The second-order valence-electron chi connectivity index (χ2n) is 1.92. The van der Waals surface area contributed by atoms with E-state index < -0.39 is 0 Å². The maximum absolute atomic E-state index is 9.78. The molecular weight excluding hydrogens is 140 g/mol. The SMILES string of the molecule is CC(S)(S)CCC=O. The normalized spacial score (nSPS) is 11.4. The quantitative estimate of drug-likeness (QED) is 0.354. The van der Waals surface area contributed by atoms with Crippen molar-refractivity contribution in [2.45, 2.75) is 23.8 Å². The lowest BCUT2D eigenvalue weighted by atomic mass is 10.2. The van der Waals surface area contributed by atoms with Crippen LogP contribution in [0.1, 0.15) is 19.8 Å². The molecule has 0 bridgehead atoms. The fraction of sp³-hybridized carbons (Fsp3) is 0.800. The van der Waals surface area contributed by atoms with E-state index in [2.05, 4.69) is 25.3 Å². The Balaban J connectivity index is 3.24. The van der Waals surface area contributed by atoms with Gasteiger partial charge in [0.1, 0.15) is 6.29 Å². The number of hydrogen-bond donors (Lipinski definition) is 2. The Hall–Kier alpha value is 0.370. The Bertz CT molecular complexity index is 75.0. The lowest BCUT2D eigenvalue weighted by Gasteiger charge is -2.12. The van der Waals surface area contributed by atoms with Crippen LogP contribution in [-0.4, -0.2) is 10.4 Å². The van der Waals surface area contributed by atoms with Crippen LogP contribution >= 0.6 is 25.3 Å². The maximum atomic E-state index is 9.78. The van der Waals surface area contributed by atoms with E-state index in [4.69, 9.17) is 0 Å². The van der Waals surface area contributed by atoms with Gasteiger partial charge in [-0.1, -0.05) is 0 Å². The Morgan fingerprint density at radius 3 is 2.25 bits per heavy atom. The van der Waals surface area contributed by atoms with Gasteiger partial charge in [-0.2, -0.15) is 25.3 Å². The second-order valence-corrected chi connectivity index (χ2v) is 4.25. The number of rotatable bonds is 3. The van der Waals surface area contributed by atoms with Crippen molar-refractivity contribution >= 4 is 31.5 Å². The summed E-state index contributed by atoms with van der Waals surface area (Å²) < 4.78 is -0.291. The van der Waals surface area contributed by atoms with Crippen molar-refractivity contribution in [2.24, 2.45) is 0 Å². The van der Waals surface area contributed by atoms with Gasteiger partial charge in [-0.3, -0.25) is 0 Å². The molecule has 0 aromatic heterocycles. The first-order chi connectivity index (χ1) is 3.56. The summed E-state index contributed by atoms with van der Waals surface area (Å²) in [6, 6.07) is 0. The molecule has 0 radical (unpaired) electrons. The van der Waals surface area contributed by atoms with Crippen molar-refractivity contribution in [3.8, 4) is 0 Å². The van der Waals surface area contributed by atoms with E-state index in [0.717, 1.165) is 12.7 Å². The number of carbonyl (C=O) groups excluding carboxylic acids is 1. The molecule has 0 aliphatic rings. The number of thiol groups is 2. The lowest BCUT2D eigenvalue weighted by molar-refractivity contribution is -0.107. The Morgan fingerprint density at radius 2 is 2.12 bits per heavy atom. The van der Waals surface area contributed by atoms with Crippen LogP contribution in [0.5, 0.6) is 0 Å². The lowest BCUT2D eigenvalue weighted by Crippen LogP contribution is -2.05. The summed E-state index contributed by atoms with van der Waals surface area (Å²) in [6.07, 6.45) is 2.15. The molecule has 48 valence electrons. The van der Waals surface area contributed by atoms with Crippen LogP contribution < -0.4 is 0 Å². The van der Waals surface area contributed by atoms with E-state index >= 15 is 0 Å². The molecule has 8 heavy (non-hydrogen) atoms. The van der Waals surface area contributed by atoms with Gasteiger partial charge in [0.2, 0.25) is 0 Å². The fourth-order valence-electron chi connectivity index (χ4n) is 0.332. The molecule has 0 aliphatic heterocycles. The summed E-state index contributed by atoms with van der Waals surface area (Å²) in [6.45, 7) is 1.86. The van der Waals surface area contributed by atoms with E-state index in [0.29, 0.717) is 6.42 Å². The summed E-state index contributed by atoms with van der Waals surface area (Å²) in [4.78, 5) is 9.78. The molecule has 0 aromatic rings. The highest BCUT2D eigenvalue weighted by Crippen LogP contribution is 2.23. The summed E-state index contributed by atoms with van der Waals surface area (Å²) in [5.74, 6) is 0. The predicted molar refractivity (Wildman–Crippen MR) is 41.7 cm³/mol. The third-order valence-electron chi connectivity index (χ3n) is 0.736. The van der Waals surface area contributed by atoms with Gasteiger partial charge in [0.25, 0.3) is 0 Å². The van der Waals surface area contributed by atoms with Crippen molar-refractivity contribution in [1.29, 1.82) is 0 Å². The van der Waals surface area contributed by atoms with E-state index in [1.54, 1.807) is 0 Å². The average Bonchev–Trinajstić information content (AvgIpc) is 1.59. The molecule has 0 fully saturated rings. The summed E-state index contributed by atoms with van der Waals surface area (Å²) >= 11 is 8.19. The smallest absolute Gasteiger partial charge is 0.120 e. The number of hydrogen-bond acceptors (Lipinski definition) is 3. The minimum atomic E-state index is -0.291. The van der Waals surface area contributed by atoms with Crippen LogP contribution in [0, 0.1) is 0 Å². The summed E-state index contributed by atoms with van der Waals surface area (Å²) in [5.41, 5.74) is 0. The highest BCUT2D eigenvalue weighted by atomic mass is 32.2. The Morgan fingerprint density at radius 1 is 1.62 bits per heavy atom. The second kappa shape index (κ2) is 3.41. The molecule has 0 aliphatic carbocycles. The zero-order chi connectivity index (χ0) is 6.62. The molecule has 1 nitrogen and oxygen atoms in total. The zero-order valence-corrected chi connectivity index (χ0v) is 6.58. The minimum Gasteiger partial charge on any atom is -0.303 e. The van der Waals surface area contributed by atoms with Crippen molar-refractivity contribution in [1.82, 2.24) is 0 Å². The van der Waals surface area contributed by atoms with Gasteiger partial charge in [0.15, 0.2) is 0 Å². The zero-order valence-electron chi connectivity index (χ0n) is 4.79. The molecule has 0 amide bonds. The van der Waals surface area contributed by atoms with E-state index in [9.17, 15) is 4.79 Å². The van der Waals surface area contributed by atoms with Gasteiger partial charge in [-0.25, -0.2) is 0 Å².